The van der Waals surface area contributed by atoms with Crippen molar-refractivity contribution in [2.24, 2.45) is 0 Å². The van der Waals surface area contributed by atoms with Gasteiger partial charge in [-0.3, -0.25) is 0 Å². The van der Waals surface area contributed by atoms with Crippen LogP contribution in [0.25, 0.3) is 10.3 Å². The third-order valence-corrected chi connectivity index (χ3v) is 3.53. The highest BCUT2D eigenvalue weighted by Gasteiger charge is 2.30. The second kappa shape index (κ2) is 5.28. The molecule has 0 bridgehead atoms. The quantitative estimate of drug-likeness (QED) is 0.761. The SMILES string of the molecule is FC(F)(F)Oc1ccc(NCc2cc3scnc3[nH]2)cc1. The number of halogens is 3. The van der Waals surface area contributed by atoms with Crippen molar-refractivity contribution in [2.75, 3.05) is 5.32 Å². The highest BCUT2D eigenvalue weighted by Crippen LogP contribution is 2.24. The number of benzene rings is 1. The van der Waals surface area contributed by atoms with Gasteiger partial charge in [0.1, 0.15) is 11.4 Å². The second-order valence-corrected chi connectivity index (χ2v) is 5.17. The number of rotatable bonds is 4. The molecule has 4 nitrogen and oxygen atoms in total. The molecular formula is C13H10F3N3OS. The lowest BCUT2D eigenvalue weighted by Crippen LogP contribution is -2.17. The van der Waals surface area contributed by atoms with Gasteiger partial charge in [-0.2, -0.15) is 0 Å². The number of anilines is 1. The van der Waals surface area contributed by atoms with Crippen LogP contribution in [0.15, 0.2) is 35.8 Å². The molecule has 8 heteroatoms. The molecule has 0 saturated carbocycles. The van der Waals surface area contributed by atoms with E-state index in [4.69, 9.17) is 0 Å². The normalized spacial score (nSPS) is 11.8. The number of nitrogens with zero attached hydrogens (tertiary/aromatic N) is 1. The number of aromatic nitrogens is 2. The molecule has 0 atom stereocenters. The van der Waals surface area contributed by atoms with Crippen molar-refractivity contribution in [3.8, 4) is 5.75 Å². The summed E-state index contributed by atoms with van der Waals surface area (Å²) in [6, 6.07) is 7.59. The van der Waals surface area contributed by atoms with E-state index in [-0.39, 0.29) is 5.75 Å². The Morgan fingerprint density at radius 2 is 2.00 bits per heavy atom. The van der Waals surface area contributed by atoms with Gasteiger partial charge in [0.15, 0.2) is 0 Å². The maximum absolute atomic E-state index is 12.0. The molecule has 0 fully saturated rings. The summed E-state index contributed by atoms with van der Waals surface area (Å²) in [6.45, 7) is 0.530. The van der Waals surface area contributed by atoms with Crippen LogP contribution in [0.3, 0.4) is 0 Å². The van der Waals surface area contributed by atoms with Crippen molar-refractivity contribution in [3.05, 3.63) is 41.5 Å². The third kappa shape index (κ3) is 3.46. The van der Waals surface area contributed by atoms with Gasteiger partial charge in [0.2, 0.25) is 0 Å². The molecule has 3 aromatic rings. The van der Waals surface area contributed by atoms with Crippen molar-refractivity contribution in [3.63, 3.8) is 0 Å². The molecule has 0 unspecified atom stereocenters. The number of hydrogen-bond donors (Lipinski definition) is 2. The molecule has 110 valence electrons. The Hall–Kier alpha value is -2.22. The van der Waals surface area contributed by atoms with Crippen molar-refractivity contribution in [1.29, 1.82) is 0 Å². The van der Waals surface area contributed by atoms with Gasteiger partial charge in [0.25, 0.3) is 0 Å². The van der Waals surface area contributed by atoms with Crippen LogP contribution < -0.4 is 10.1 Å². The largest absolute Gasteiger partial charge is 0.573 e. The molecule has 0 saturated heterocycles. The minimum Gasteiger partial charge on any atom is -0.406 e. The highest BCUT2D eigenvalue weighted by atomic mass is 32.1. The van der Waals surface area contributed by atoms with E-state index in [0.717, 1.165) is 16.0 Å². The van der Waals surface area contributed by atoms with Gasteiger partial charge >= 0.3 is 6.36 Å². The van der Waals surface area contributed by atoms with Gasteiger partial charge in [-0.1, -0.05) is 0 Å². The predicted molar refractivity (Wildman–Crippen MR) is 74.4 cm³/mol. The molecule has 2 heterocycles. The van der Waals surface area contributed by atoms with Crippen molar-refractivity contribution >= 4 is 27.4 Å². The van der Waals surface area contributed by atoms with E-state index < -0.39 is 6.36 Å². The lowest BCUT2D eigenvalue weighted by atomic mass is 10.3. The summed E-state index contributed by atoms with van der Waals surface area (Å²) in [7, 11) is 0. The van der Waals surface area contributed by atoms with Crippen LogP contribution >= 0.6 is 11.3 Å². The maximum atomic E-state index is 12.0. The first-order valence-corrected chi connectivity index (χ1v) is 6.88. The zero-order valence-corrected chi connectivity index (χ0v) is 11.4. The minimum absolute atomic E-state index is 0.238. The summed E-state index contributed by atoms with van der Waals surface area (Å²) < 4.78 is 41.0. The number of aromatic amines is 1. The van der Waals surface area contributed by atoms with E-state index in [1.54, 1.807) is 16.8 Å². The predicted octanol–water partition coefficient (Wildman–Crippen LogP) is 4.14. The molecule has 21 heavy (non-hydrogen) atoms. The zero-order valence-electron chi connectivity index (χ0n) is 10.6. The number of H-pyrrole nitrogens is 1. The van der Waals surface area contributed by atoms with Crippen LogP contribution in [-0.2, 0) is 6.54 Å². The van der Waals surface area contributed by atoms with E-state index >= 15 is 0 Å². The van der Waals surface area contributed by atoms with Gasteiger partial charge < -0.3 is 15.0 Å². The van der Waals surface area contributed by atoms with Gasteiger partial charge in [-0.15, -0.1) is 24.5 Å². The molecule has 0 aliphatic rings. The van der Waals surface area contributed by atoms with Gasteiger partial charge in [-0.05, 0) is 30.3 Å². The Labute approximate surface area is 121 Å². The van der Waals surface area contributed by atoms with E-state index in [9.17, 15) is 13.2 Å². The van der Waals surface area contributed by atoms with Crippen LogP contribution in [0.4, 0.5) is 18.9 Å². The Morgan fingerprint density at radius 3 is 2.67 bits per heavy atom. The highest BCUT2D eigenvalue weighted by molar-refractivity contribution is 7.16. The molecular weight excluding hydrogens is 303 g/mol. The van der Waals surface area contributed by atoms with Crippen molar-refractivity contribution in [2.45, 2.75) is 12.9 Å². The number of hydrogen-bond acceptors (Lipinski definition) is 4. The molecule has 0 amide bonds. The summed E-state index contributed by atoms with van der Waals surface area (Å²) in [4.78, 5) is 7.30. The van der Waals surface area contributed by atoms with E-state index in [1.807, 2.05) is 6.07 Å². The summed E-state index contributed by atoms with van der Waals surface area (Å²) in [5, 5.41) is 3.11. The van der Waals surface area contributed by atoms with Gasteiger partial charge in [0, 0.05) is 11.4 Å². The number of fused-ring (bicyclic) bond motifs is 1. The van der Waals surface area contributed by atoms with Crippen LogP contribution in [0.1, 0.15) is 5.69 Å². The van der Waals surface area contributed by atoms with Crippen molar-refractivity contribution < 1.29 is 17.9 Å². The molecule has 3 rings (SSSR count). The fourth-order valence-electron chi connectivity index (χ4n) is 1.86. The fraction of sp³-hybridized carbons (Fsp3) is 0.154. The standard InChI is InChI=1S/C13H10F3N3OS/c14-13(15,16)20-10-3-1-8(2-4-10)17-6-9-5-11-12(19-9)18-7-21-11/h1-5,7,17,19H,6H2. The molecule has 2 aromatic heterocycles. The van der Waals surface area contributed by atoms with E-state index in [0.29, 0.717) is 12.2 Å². The number of nitrogens with one attached hydrogen (secondary N) is 2. The summed E-state index contributed by atoms with van der Waals surface area (Å²) in [5.41, 5.74) is 4.26. The maximum Gasteiger partial charge on any atom is 0.573 e. The number of ether oxygens (including phenoxy) is 1. The molecule has 0 aliphatic heterocycles. The Bertz CT molecular complexity index is 705. The van der Waals surface area contributed by atoms with Crippen LogP contribution in [0.2, 0.25) is 0 Å². The molecule has 0 aliphatic carbocycles. The van der Waals surface area contributed by atoms with Crippen LogP contribution in [0.5, 0.6) is 5.75 Å². The fourth-order valence-corrected chi connectivity index (χ4v) is 2.56. The van der Waals surface area contributed by atoms with Gasteiger partial charge in [0.05, 0.1) is 16.8 Å². The second-order valence-electron chi connectivity index (χ2n) is 4.29. The first kappa shape index (κ1) is 13.7. The first-order valence-electron chi connectivity index (χ1n) is 6.00. The summed E-state index contributed by atoms with van der Waals surface area (Å²) in [6.07, 6.45) is -4.67. The Kier molecular flexibility index (Phi) is 3.46. The molecule has 0 radical (unpaired) electrons. The van der Waals surface area contributed by atoms with E-state index in [2.05, 4.69) is 20.0 Å². The molecule has 1 aromatic carbocycles. The average Bonchev–Trinajstić information content (AvgIpc) is 2.96. The first-order chi connectivity index (χ1) is 9.99. The van der Waals surface area contributed by atoms with Crippen LogP contribution in [0, 0.1) is 0 Å². The zero-order chi connectivity index (χ0) is 14.9. The monoisotopic (exact) mass is 313 g/mol. The average molecular weight is 313 g/mol. The molecule has 2 N–H and O–H groups in total. The summed E-state index contributed by atoms with van der Waals surface area (Å²) in [5.74, 6) is -0.238. The molecule has 0 spiro atoms. The Balaban J connectivity index is 1.61. The topological polar surface area (TPSA) is 49.9 Å². The van der Waals surface area contributed by atoms with Gasteiger partial charge in [-0.25, -0.2) is 4.98 Å². The third-order valence-electron chi connectivity index (χ3n) is 2.75. The van der Waals surface area contributed by atoms with E-state index in [1.165, 1.54) is 24.3 Å². The van der Waals surface area contributed by atoms with Crippen molar-refractivity contribution in [1.82, 2.24) is 9.97 Å². The Morgan fingerprint density at radius 1 is 1.24 bits per heavy atom. The minimum atomic E-state index is -4.67. The number of thiazole rings is 1. The summed E-state index contributed by atoms with van der Waals surface area (Å²) >= 11 is 1.54. The lowest BCUT2D eigenvalue weighted by molar-refractivity contribution is -0.274. The number of alkyl halides is 3. The van der Waals surface area contributed by atoms with Crippen LogP contribution in [-0.4, -0.2) is 16.3 Å². The lowest BCUT2D eigenvalue weighted by Gasteiger charge is -2.10. The smallest absolute Gasteiger partial charge is 0.406 e.